The molecule has 0 saturated carbocycles. The van der Waals surface area contributed by atoms with Gasteiger partial charge in [0, 0.05) is 16.2 Å². The summed E-state index contributed by atoms with van der Waals surface area (Å²) in [5, 5.41) is 0. The molecule has 0 aliphatic carbocycles. The van der Waals surface area contributed by atoms with E-state index in [4.69, 9.17) is 4.74 Å². The van der Waals surface area contributed by atoms with Gasteiger partial charge in [-0.15, -0.1) is 0 Å². The van der Waals surface area contributed by atoms with E-state index in [1.54, 1.807) is 19.2 Å². The lowest BCUT2D eigenvalue weighted by Crippen LogP contribution is -2.31. The number of aryl methyl sites for hydroxylation is 1. The van der Waals surface area contributed by atoms with Crippen LogP contribution in [0.2, 0.25) is 0 Å². The first-order chi connectivity index (χ1) is 8.51. The van der Waals surface area contributed by atoms with Crippen molar-refractivity contribution in [3.63, 3.8) is 0 Å². The highest BCUT2D eigenvalue weighted by Crippen LogP contribution is 2.16. The first-order valence-electron chi connectivity index (χ1n) is 6.06. The summed E-state index contributed by atoms with van der Waals surface area (Å²) in [6, 6.07) is 1.18. The van der Waals surface area contributed by atoms with Gasteiger partial charge in [-0.2, -0.15) is 0 Å². The molecule has 0 aromatic carbocycles. The number of ether oxygens (including phenoxy) is 1. The molecule has 0 saturated heterocycles. The molecular formula is C13H18BrNO3. The quantitative estimate of drug-likeness (QED) is 0.785. The van der Waals surface area contributed by atoms with Crippen molar-refractivity contribution in [2.45, 2.75) is 39.7 Å². The highest BCUT2D eigenvalue weighted by molar-refractivity contribution is 9.10. The third-order valence-electron chi connectivity index (χ3n) is 2.63. The maximum Gasteiger partial charge on any atom is 0.329 e. The zero-order valence-corrected chi connectivity index (χ0v) is 12.5. The fourth-order valence-electron chi connectivity index (χ4n) is 1.71. The first kappa shape index (κ1) is 15.0. The molecule has 0 N–H and O–H groups in total. The molecule has 1 unspecified atom stereocenters. The smallest absolute Gasteiger partial charge is 0.329 e. The zero-order valence-electron chi connectivity index (χ0n) is 10.9. The van der Waals surface area contributed by atoms with Crippen LogP contribution in [0.4, 0.5) is 0 Å². The summed E-state index contributed by atoms with van der Waals surface area (Å²) in [5.74, 6) is -0.348. The maximum atomic E-state index is 12.0. The largest absolute Gasteiger partial charge is 0.464 e. The van der Waals surface area contributed by atoms with E-state index in [1.165, 1.54) is 4.57 Å². The Bertz CT molecular complexity index is 482. The standard InChI is InChI=1S/C13H18BrNO3/c1-4-6-18-13(17)11(5-2)15-8-10(14)7-9(3)12(15)16/h7-8,11H,4-6H2,1-3H3. The van der Waals surface area contributed by atoms with Gasteiger partial charge < -0.3 is 4.74 Å². The molecule has 0 radical (unpaired) electrons. The Balaban J connectivity index is 3.09. The molecule has 1 aromatic rings. The van der Waals surface area contributed by atoms with Gasteiger partial charge in [0.25, 0.3) is 5.56 Å². The number of aromatic nitrogens is 1. The van der Waals surface area contributed by atoms with Crippen molar-refractivity contribution >= 4 is 21.9 Å². The fourth-order valence-corrected chi connectivity index (χ4v) is 2.27. The molecule has 4 nitrogen and oxygen atoms in total. The molecule has 0 aliphatic rings. The Kier molecular flexibility index (Phi) is 5.59. The van der Waals surface area contributed by atoms with Crippen LogP contribution in [0.15, 0.2) is 21.5 Å². The SMILES string of the molecule is CCCOC(=O)C(CC)n1cc(Br)cc(C)c1=O. The summed E-state index contributed by atoms with van der Waals surface area (Å²) in [4.78, 5) is 23.9. The molecule has 0 bridgehead atoms. The third kappa shape index (κ3) is 3.45. The van der Waals surface area contributed by atoms with Gasteiger partial charge in [-0.1, -0.05) is 13.8 Å². The van der Waals surface area contributed by atoms with E-state index in [2.05, 4.69) is 15.9 Å². The number of carbonyl (C=O) groups is 1. The molecule has 100 valence electrons. The van der Waals surface area contributed by atoms with Crippen LogP contribution in [-0.4, -0.2) is 17.1 Å². The average molecular weight is 316 g/mol. The van der Waals surface area contributed by atoms with Gasteiger partial charge in [0.1, 0.15) is 6.04 Å². The second-order valence-corrected chi connectivity index (χ2v) is 5.06. The van der Waals surface area contributed by atoms with Crippen LogP contribution < -0.4 is 5.56 Å². The van der Waals surface area contributed by atoms with E-state index >= 15 is 0 Å². The summed E-state index contributed by atoms with van der Waals surface area (Å²) in [7, 11) is 0. The van der Waals surface area contributed by atoms with Gasteiger partial charge in [-0.05, 0) is 41.8 Å². The summed E-state index contributed by atoms with van der Waals surface area (Å²) >= 11 is 3.33. The second-order valence-electron chi connectivity index (χ2n) is 4.15. The molecule has 0 fully saturated rings. The lowest BCUT2D eigenvalue weighted by atomic mass is 10.2. The molecular weight excluding hydrogens is 298 g/mol. The van der Waals surface area contributed by atoms with Crippen LogP contribution >= 0.6 is 15.9 Å². The summed E-state index contributed by atoms with van der Waals surface area (Å²) < 4.78 is 7.34. The Labute approximate surface area is 115 Å². The van der Waals surface area contributed by atoms with E-state index in [-0.39, 0.29) is 11.5 Å². The molecule has 18 heavy (non-hydrogen) atoms. The molecule has 0 spiro atoms. The number of hydrogen-bond acceptors (Lipinski definition) is 3. The van der Waals surface area contributed by atoms with Crippen molar-refractivity contribution < 1.29 is 9.53 Å². The van der Waals surface area contributed by atoms with Crippen molar-refractivity contribution in [1.29, 1.82) is 0 Å². The minimum absolute atomic E-state index is 0.154. The average Bonchev–Trinajstić information content (AvgIpc) is 2.33. The van der Waals surface area contributed by atoms with Gasteiger partial charge in [-0.3, -0.25) is 9.36 Å². The molecule has 1 heterocycles. The van der Waals surface area contributed by atoms with Crippen LogP contribution in [0, 0.1) is 6.92 Å². The fraction of sp³-hybridized carbons (Fsp3) is 0.538. The Morgan fingerprint density at radius 3 is 2.72 bits per heavy atom. The summed E-state index contributed by atoms with van der Waals surface area (Å²) in [6.07, 6.45) is 2.93. The number of rotatable bonds is 5. The van der Waals surface area contributed by atoms with E-state index in [0.29, 0.717) is 18.6 Å². The number of carbonyl (C=O) groups excluding carboxylic acids is 1. The van der Waals surface area contributed by atoms with Gasteiger partial charge >= 0.3 is 5.97 Å². The van der Waals surface area contributed by atoms with Crippen LogP contribution in [-0.2, 0) is 9.53 Å². The molecule has 0 aliphatic heterocycles. The minimum Gasteiger partial charge on any atom is -0.464 e. The predicted octanol–water partition coefficient (Wildman–Crippen LogP) is 2.82. The maximum absolute atomic E-state index is 12.0. The lowest BCUT2D eigenvalue weighted by Gasteiger charge is -2.17. The van der Waals surface area contributed by atoms with Crippen molar-refractivity contribution in [2.24, 2.45) is 0 Å². The highest BCUT2D eigenvalue weighted by Gasteiger charge is 2.21. The highest BCUT2D eigenvalue weighted by atomic mass is 79.9. The Morgan fingerprint density at radius 2 is 2.17 bits per heavy atom. The van der Waals surface area contributed by atoms with Crippen molar-refractivity contribution in [3.8, 4) is 0 Å². The van der Waals surface area contributed by atoms with Crippen molar-refractivity contribution in [3.05, 3.63) is 32.7 Å². The minimum atomic E-state index is -0.555. The number of nitrogens with zero attached hydrogens (tertiary/aromatic N) is 1. The normalized spacial score (nSPS) is 12.2. The van der Waals surface area contributed by atoms with E-state index in [0.717, 1.165) is 10.9 Å². The molecule has 0 amide bonds. The number of hydrogen-bond donors (Lipinski definition) is 0. The molecule has 1 rings (SSSR count). The zero-order chi connectivity index (χ0) is 13.7. The van der Waals surface area contributed by atoms with E-state index in [1.807, 2.05) is 13.8 Å². The van der Waals surface area contributed by atoms with Crippen LogP contribution in [0.1, 0.15) is 38.3 Å². The third-order valence-corrected chi connectivity index (χ3v) is 3.07. The molecule has 1 atom stereocenters. The first-order valence-corrected chi connectivity index (χ1v) is 6.85. The van der Waals surface area contributed by atoms with Crippen LogP contribution in [0.25, 0.3) is 0 Å². The van der Waals surface area contributed by atoms with Gasteiger partial charge in [0.2, 0.25) is 0 Å². The molecule has 1 aromatic heterocycles. The van der Waals surface area contributed by atoms with Crippen LogP contribution in [0.5, 0.6) is 0 Å². The van der Waals surface area contributed by atoms with Gasteiger partial charge in [0.15, 0.2) is 0 Å². The lowest BCUT2D eigenvalue weighted by molar-refractivity contribution is -0.147. The number of pyridine rings is 1. The Morgan fingerprint density at radius 1 is 1.50 bits per heavy atom. The second kappa shape index (κ2) is 6.73. The number of esters is 1. The Hall–Kier alpha value is -1.10. The van der Waals surface area contributed by atoms with E-state index in [9.17, 15) is 9.59 Å². The predicted molar refractivity (Wildman–Crippen MR) is 73.7 cm³/mol. The van der Waals surface area contributed by atoms with Gasteiger partial charge in [-0.25, -0.2) is 4.79 Å². The molecule has 5 heteroatoms. The van der Waals surface area contributed by atoms with Gasteiger partial charge in [0.05, 0.1) is 6.61 Å². The summed E-state index contributed by atoms with van der Waals surface area (Å²) in [5.41, 5.74) is 0.449. The van der Waals surface area contributed by atoms with Crippen molar-refractivity contribution in [1.82, 2.24) is 4.57 Å². The topological polar surface area (TPSA) is 48.3 Å². The van der Waals surface area contributed by atoms with E-state index < -0.39 is 6.04 Å². The summed E-state index contributed by atoms with van der Waals surface area (Å²) in [6.45, 7) is 5.91. The van der Waals surface area contributed by atoms with Crippen molar-refractivity contribution in [2.75, 3.05) is 6.61 Å². The monoisotopic (exact) mass is 315 g/mol. The number of halogens is 1. The van der Waals surface area contributed by atoms with Crippen LogP contribution in [0.3, 0.4) is 0 Å².